The average molecular weight is 343 g/mol. The molecule has 0 spiro atoms. The molecule has 7 heteroatoms. The van der Waals surface area contributed by atoms with Gasteiger partial charge in [-0.1, -0.05) is 0 Å². The number of benzene rings is 1. The normalized spacial score (nSPS) is 14.0. The van der Waals surface area contributed by atoms with Crippen LogP contribution in [0, 0.1) is 0 Å². The van der Waals surface area contributed by atoms with E-state index in [0.29, 0.717) is 36.8 Å². The molecule has 1 amide bonds. The molecule has 2 aromatic rings. The zero-order valence-electron chi connectivity index (χ0n) is 14.1. The molecule has 0 fully saturated rings. The first-order valence-electron chi connectivity index (χ1n) is 8.30. The smallest absolute Gasteiger partial charge is 0.220 e. The number of ketones is 1. The summed E-state index contributed by atoms with van der Waals surface area (Å²) in [6.45, 7) is 3.54. The van der Waals surface area contributed by atoms with Gasteiger partial charge in [-0.3, -0.25) is 9.59 Å². The van der Waals surface area contributed by atoms with E-state index >= 15 is 0 Å². The van der Waals surface area contributed by atoms with Crippen molar-refractivity contribution in [2.24, 2.45) is 0 Å². The van der Waals surface area contributed by atoms with Gasteiger partial charge in [0.05, 0.1) is 6.33 Å². The van der Waals surface area contributed by atoms with E-state index < -0.39 is 0 Å². The highest BCUT2D eigenvalue weighted by atomic mass is 16.6. The van der Waals surface area contributed by atoms with Gasteiger partial charge in [0.2, 0.25) is 5.91 Å². The molecule has 0 unspecified atom stereocenters. The SMILES string of the molecule is C[C@H](Cn1ccnc1)NC(=O)CCC(=O)c1ccc2c(c1)OCCO2. The second-order valence-electron chi connectivity index (χ2n) is 6.01. The molecule has 0 radical (unpaired) electrons. The molecule has 0 bridgehead atoms. The van der Waals surface area contributed by atoms with Crippen LogP contribution in [0.25, 0.3) is 0 Å². The van der Waals surface area contributed by atoms with Crippen molar-refractivity contribution in [3.8, 4) is 11.5 Å². The lowest BCUT2D eigenvalue weighted by molar-refractivity contribution is -0.121. The first-order chi connectivity index (χ1) is 12.1. The average Bonchev–Trinajstić information content (AvgIpc) is 3.12. The van der Waals surface area contributed by atoms with E-state index in [1.165, 1.54) is 0 Å². The summed E-state index contributed by atoms with van der Waals surface area (Å²) < 4.78 is 12.8. The number of carbonyl (C=O) groups is 2. The number of carbonyl (C=O) groups excluding carboxylic acids is 2. The number of Topliss-reactive ketones (excluding diaryl/α,β-unsaturated/α-hetero) is 1. The van der Waals surface area contributed by atoms with Gasteiger partial charge in [-0.2, -0.15) is 0 Å². The van der Waals surface area contributed by atoms with Crippen LogP contribution in [0.15, 0.2) is 36.9 Å². The molecule has 25 heavy (non-hydrogen) atoms. The van der Waals surface area contributed by atoms with Gasteiger partial charge in [-0.05, 0) is 25.1 Å². The van der Waals surface area contributed by atoms with Crippen molar-refractivity contribution in [1.82, 2.24) is 14.9 Å². The first-order valence-corrected chi connectivity index (χ1v) is 8.30. The number of amides is 1. The van der Waals surface area contributed by atoms with Crippen LogP contribution in [-0.4, -0.2) is 40.5 Å². The summed E-state index contributed by atoms with van der Waals surface area (Å²) in [6, 6.07) is 5.08. The van der Waals surface area contributed by atoms with Crippen LogP contribution < -0.4 is 14.8 Å². The Kier molecular flexibility index (Phi) is 5.33. The summed E-state index contributed by atoms with van der Waals surface area (Å²) in [5, 5.41) is 2.89. The molecule has 0 aliphatic carbocycles. The Labute approximate surface area is 146 Å². The van der Waals surface area contributed by atoms with Crippen LogP contribution >= 0.6 is 0 Å². The van der Waals surface area contributed by atoms with Gasteiger partial charge < -0.3 is 19.4 Å². The Balaban J connectivity index is 1.47. The minimum Gasteiger partial charge on any atom is -0.486 e. The fraction of sp³-hybridized carbons (Fsp3) is 0.389. The summed E-state index contributed by atoms with van der Waals surface area (Å²) in [5.74, 6) is 0.997. The minimum atomic E-state index is -0.140. The molecule has 2 heterocycles. The van der Waals surface area contributed by atoms with Gasteiger partial charge in [-0.15, -0.1) is 0 Å². The lowest BCUT2D eigenvalue weighted by atomic mass is 10.1. The summed E-state index contributed by atoms with van der Waals surface area (Å²) in [4.78, 5) is 28.3. The van der Waals surface area contributed by atoms with Gasteiger partial charge in [-0.25, -0.2) is 4.98 Å². The lowest BCUT2D eigenvalue weighted by Crippen LogP contribution is -2.35. The molecule has 1 atom stereocenters. The van der Waals surface area contributed by atoms with E-state index in [4.69, 9.17) is 9.47 Å². The number of nitrogens with zero attached hydrogens (tertiary/aromatic N) is 2. The maximum absolute atomic E-state index is 12.3. The fourth-order valence-electron chi connectivity index (χ4n) is 2.69. The van der Waals surface area contributed by atoms with Crippen molar-refractivity contribution in [1.29, 1.82) is 0 Å². The van der Waals surface area contributed by atoms with Gasteiger partial charge in [0, 0.05) is 43.4 Å². The third-order valence-electron chi connectivity index (χ3n) is 3.89. The molecule has 1 N–H and O–H groups in total. The topological polar surface area (TPSA) is 82.5 Å². The van der Waals surface area contributed by atoms with E-state index in [1.54, 1.807) is 30.7 Å². The van der Waals surface area contributed by atoms with Crippen LogP contribution in [0.2, 0.25) is 0 Å². The van der Waals surface area contributed by atoms with Gasteiger partial charge in [0.15, 0.2) is 17.3 Å². The molecular weight excluding hydrogens is 322 g/mol. The molecular formula is C18H21N3O4. The highest BCUT2D eigenvalue weighted by Crippen LogP contribution is 2.31. The largest absolute Gasteiger partial charge is 0.486 e. The third kappa shape index (κ3) is 4.59. The molecule has 0 saturated carbocycles. The molecule has 132 valence electrons. The van der Waals surface area contributed by atoms with Crippen LogP contribution in [0.1, 0.15) is 30.1 Å². The summed E-state index contributed by atoms with van der Waals surface area (Å²) in [6.07, 6.45) is 5.55. The predicted octanol–water partition coefficient (Wildman–Crippen LogP) is 1.82. The molecule has 3 rings (SSSR count). The molecule has 1 aliphatic heterocycles. The van der Waals surface area contributed by atoms with Crippen molar-refractivity contribution < 1.29 is 19.1 Å². The quantitative estimate of drug-likeness (QED) is 0.776. The monoisotopic (exact) mass is 343 g/mol. The highest BCUT2D eigenvalue weighted by molar-refractivity contribution is 5.98. The number of hydrogen-bond acceptors (Lipinski definition) is 5. The van der Waals surface area contributed by atoms with E-state index in [0.717, 1.165) is 0 Å². The number of rotatable bonds is 7. The van der Waals surface area contributed by atoms with Crippen molar-refractivity contribution in [3.63, 3.8) is 0 Å². The molecule has 0 saturated heterocycles. The van der Waals surface area contributed by atoms with E-state index in [2.05, 4.69) is 10.3 Å². The molecule has 7 nitrogen and oxygen atoms in total. The Hall–Kier alpha value is -2.83. The molecule has 1 aromatic carbocycles. The van der Waals surface area contributed by atoms with Crippen molar-refractivity contribution in [2.45, 2.75) is 32.4 Å². The Morgan fingerprint density at radius 3 is 2.80 bits per heavy atom. The Morgan fingerprint density at radius 2 is 2.04 bits per heavy atom. The number of nitrogens with one attached hydrogen (secondary N) is 1. The summed E-state index contributed by atoms with van der Waals surface area (Å²) >= 11 is 0. The number of aromatic nitrogens is 2. The van der Waals surface area contributed by atoms with Crippen LogP contribution in [0.3, 0.4) is 0 Å². The second kappa shape index (κ2) is 7.83. The Bertz CT molecular complexity index is 743. The van der Waals surface area contributed by atoms with Gasteiger partial charge >= 0.3 is 0 Å². The van der Waals surface area contributed by atoms with E-state index in [9.17, 15) is 9.59 Å². The lowest BCUT2D eigenvalue weighted by Gasteiger charge is -2.18. The highest BCUT2D eigenvalue weighted by Gasteiger charge is 2.16. The fourth-order valence-corrected chi connectivity index (χ4v) is 2.69. The second-order valence-corrected chi connectivity index (χ2v) is 6.01. The summed E-state index contributed by atoms with van der Waals surface area (Å²) in [5.41, 5.74) is 0.531. The number of fused-ring (bicyclic) bond motifs is 1. The zero-order valence-corrected chi connectivity index (χ0v) is 14.1. The maximum Gasteiger partial charge on any atom is 0.220 e. The minimum absolute atomic E-state index is 0.0360. The van der Waals surface area contributed by atoms with Crippen molar-refractivity contribution in [3.05, 3.63) is 42.5 Å². The number of ether oxygens (including phenoxy) is 2. The van der Waals surface area contributed by atoms with E-state index in [1.807, 2.05) is 17.7 Å². The number of hydrogen-bond donors (Lipinski definition) is 1. The third-order valence-corrected chi connectivity index (χ3v) is 3.89. The standard InChI is InChI=1S/C18H21N3O4/c1-13(11-21-7-6-19-12-21)20-18(23)5-3-15(22)14-2-4-16-17(10-14)25-9-8-24-16/h2,4,6-7,10,12-13H,3,5,8-9,11H2,1H3,(H,20,23)/t13-/m1/s1. The van der Waals surface area contributed by atoms with Crippen molar-refractivity contribution >= 4 is 11.7 Å². The van der Waals surface area contributed by atoms with Gasteiger partial charge in [0.25, 0.3) is 0 Å². The predicted molar refractivity (Wildman–Crippen MR) is 90.8 cm³/mol. The van der Waals surface area contributed by atoms with E-state index in [-0.39, 0.29) is 30.6 Å². The van der Waals surface area contributed by atoms with Crippen LogP contribution in [0.5, 0.6) is 11.5 Å². The molecule has 1 aliphatic rings. The molecule has 1 aromatic heterocycles. The van der Waals surface area contributed by atoms with Crippen LogP contribution in [0.4, 0.5) is 0 Å². The Morgan fingerprint density at radius 1 is 1.24 bits per heavy atom. The first kappa shape index (κ1) is 17.0. The summed E-state index contributed by atoms with van der Waals surface area (Å²) in [7, 11) is 0. The van der Waals surface area contributed by atoms with Crippen molar-refractivity contribution in [2.75, 3.05) is 13.2 Å². The number of imidazole rings is 1. The zero-order chi connectivity index (χ0) is 17.6. The van der Waals surface area contributed by atoms with Gasteiger partial charge in [0.1, 0.15) is 13.2 Å². The maximum atomic E-state index is 12.3. The van der Waals surface area contributed by atoms with Crippen LogP contribution in [-0.2, 0) is 11.3 Å².